The van der Waals surface area contributed by atoms with Gasteiger partial charge in [-0.15, -0.1) is 5.10 Å². The maximum absolute atomic E-state index is 14.7. The number of aromatic nitrogens is 3. The molecule has 0 radical (unpaired) electrons. The molecule has 107 heavy (non-hydrogen) atoms. The first-order valence-electron chi connectivity index (χ1n) is 36.7. The van der Waals surface area contributed by atoms with E-state index >= 15 is 0 Å². The predicted octanol–water partition coefficient (Wildman–Crippen LogP) is 9.58. The second kappa shape index (κ2) is 36.8. The molecule has 562 valence electrons. The van der Waals surface area contributed by atoms with Gasteiger partial charge < -0.3 is 45.3 Å². The molecule has 0 bridgehead atoms. The fraction of sp³-hybridized carbons (Fsp3) is 0.370. The first kappa shape index (κ1) is 78.6. The maximum atomic E-state index is 14.7. The van der Waals surface area contributed by atoms with Gasteiger partial charge in [-0.05, 0) is 118 Å². The summed E-state index contributed by atoms with van der Waals surface area (Å²) in [4.78, 5) is 98.9. The summed E-state index contributed by atoms with van der Waals surface area (Å²) in [5.74, 6) is -1.23. The number of aliphatic hydroxyl groups is 1. The summed E-state index contributed by atoms with van der Waals surface area (Å²) in [6.45, 7) is 16.4. The number of nitrogens with zero attached hydrogens (tertiary/aromatic N) is 9. The van der Waals surface area contributed by atoms with Gasteiger partial charge in [-0.1, -0.05) is 110 Å². The van der Waals surface area contributed by atoms with Crippen LogP contribution in [0.5, 0.6) is 5.75 Å². The number of piperazine rings is 1. The minimum Gasteiger partial charge on any atom is -0.508 e. The predicted molar refractivity (Wildman–Crippen MR) is 409 cm³/mol. The lowest BCUT2D eigenvalue weighted by atomic mass is 9.90. The monoisotopic (exact) mass is 1480 g/mol. The molecular weight excluding hydrogens is 1380 g/mol. The Morgan fingerprint density at radius 3 is 2.03 bits per heavy atom. The number of ketones is 1. The lowest BCUT2D eigenvalue weighted by Crippen LogP contribution is -2.50. The number of benzene rings is 7. The minimum absolute atomic E-state index is 0.00443. The van der Waals surface area contributed by atoms with Gasteiger partial charge in [-0.2, -0.15) is 4.31 Å². The normalized spacial score (nSPS) is 13.3. The smallest absolute Gasteiger partial charge is 0.269 e. The Hall–Kier alpha value is -11.0. The van der Waals surface area contributed by atoms with E-state index in [2.05, 4.69) is 99.8 Å². The van der Waals surface area contributed by atoms with Crippen molar-refractivity contribution in [2.45, 2.75) is 123 Å². The van der Waals surface area contributed by atoms with Crippen molar-refractivity contribution in [3.63, 3.8) is 0 Å². The highest BCUT2D eigenvalue weighted by molar-refractivity contribution is 7.89. The molecule has 6 aromatic carbocycles. The Morgan fingerprint density at radius 2 is 1.35 bits per heavy atom. The van der Waals surface area contributed by atoms with Crippen molar-refractivity contribution in [2.24, 2.45) is 5.92 Å². The van der Waals surface area contributed by atoms with Gasteiger partial charge in [0.15, 0.2) is 5.78 Å². The van der Waals surface area contributed by atoms with Crippen LogP contribution in [0.3, 0.4) is 0 Å². The molecule has 3 atom stereocenters. The van der Waals surface area contributed by atoms with Crippen molar-refractivity contribution in [1.29, 1.82) is 0 Å². The van der Waals surface area contributed by atoms with Crippen molar-refractivity contribution in [3.8, 4) is 28.2 Å². The van der Waals surface area contributed by atoms with E-state index in [0.717, 1.165) is 99.2 Å². The number of carbonyl (C=O) groups is 6. The zero-order chi connectivity index (χ0) is 76.3. The fourth-order valence-electron chi connectivity index (χ4n) is 13.5. The van der Waals surface area contributed by atoms with E-state index in [1.165, 1.54) is 23.0 Å². The van der Waals surface area contributed by atoms with Crippen LogP contribution in [0.4, 0.5) is 11.4 Å². The van der Waals surface area contributed by atoms with Crippen LogP contribution in [0.2, 0.25) is 0 Å². The fourth-order valence-corrected chi connectivity index (χ4v) is 15.1. The summed E-state index contributed by atoms with van der Waals surface area (Å²) < 4.78 is 39.7. The molecule has 2 aliphatic heterocycles. The van der Waals surface area contributed by atoms with E-state index in [1.807, 2.05) is 44.2 Å². The second-order valence-electron chi connectivity index (χ2n) is 27.2. The molecule has 5 amide bonds. The third kappa shape index (κ3) is 20.2. The lowest BCUT2D eigenvalue weighted by molar-refractivity contribution is -0.384. The number of fused-ring (bicyclic) bond motifs is 2. The Morgan fingerprint density at radius 1 is 0.682 bits per heavy atom. The standard InChI is InChI=1S/C81H94N12O13S/c1-7-87(8-2)62-32-38-68-73(49-62)106-74-50-63(88(9-3)10-4)33-39-69(74)78(68)66-21-16-17-22-67(66)81(101)90-45-43-89(44-46-90)77(98)41-40-75(96)82-42-18-12-15-23-76(97)84-70(47-56-24-28-59(29-25-56)79(99)58-19-13-11-14-20-58)80(100)83-51-60-53-92(86-85-60)71(48-57-26-34-64(94)35-27-57)72(95)54-91(52-55(5)6)107(104,105)65-36-30-61(31-37-65)93(102)103/h11,13-14,16-17,19-22,24-39,49-50,53,55,70-72,95H,7-10,12,15,18,23,40-48,51-52,54H2,1-6H3,(H3-,82,83,84,94,96,97,100)/p+1/t70-,71-,72?/m0/s1. The molecule has 1 fully saturated rings. The highest BCUT2D eigenvalue weighted by atomic mass is 32.2. The molecule has 3 aliphatic rings. The molecule has 10 rings (SSSR count). The van der Waals surface area contributed by atoms with E-state index in [4.69, 9.17) is 4.42 Å². The molecule has 7 aromatic rings. The number of aliphatic hydroxyl groups excluding tert-OH is 1. The van der Waals surface area contributed by atoms with Crippen LogP contribution in [0.25, 0.3) is 33.4 Å². The molecule has 3 heterocycles. The molecular formula is C81H95N12O13S+. The number of sulfonamides is 1. The second-order valence-corrected chi connectivity index (χ2v) is 29.1. The number of amides is 5. The molecule has 1 aromatic heterocycles. The largest absolute Gasteiger partial charge is 0.508 e. The lowest BCUT2D eigenvalue weighted by Gasteiger charge is -2.35. The molecule has 1 unspecified atom stereocenters. The number of nitrogens with one attached hydrogen (secondary N) is 3. The number of hydrogen-bond acceptors (Lipinski definition) is 16. The number of anilines is 1. The van der Waals surface area contributed by atoms with Gasteiger partial charge in [-0.3, -0.25) is 38.9 Å². The quantitative estimate of drug-likeness (QED) is 0.00616. The summed E-state index contributed by atoms with van der Waals surface area (Å²) in [6.07, 6.45) is 1.77. The van der Waals surface area contributed by atoms with E-state index in [0.29, 0.717) is 79.8 Å². The van der Waals surface area contributed by atoms with Gasteiger partial charge in [0.1, 0.15) is 41.9 Å². The molecule has 26 heteroatoms. The number of phenols is 1. The summed E-state index contributed by atoms with van der Waals surface area (Å²) in [7, 11) is -4.29. The SMILES string of the molecule is CCN(CC)c1ccc2c(-c3ccccc3C(=O)N3CCN(C(=O)CCC(=O)NCCCCCC(=O)N[C@@H](Cc4ccc(C(=O)c5ccccc5)cc4)C(=O)NCc4cn([C@@H](Cc5ccc(O)cc5)C(O)CN(CC(C)C)S(=O)(=O)c5ccc([N+](=O)[O-])cc5)nn4)CC3)c3ccc(=[N+](CC)CC)cc-3oc2c1. The van der Waals surface area contributed by atoms with Crippen LogP contribution in [-0.4, -0.2) is 172 Å². The molecule has 25 nitrogen and oxygen atoms in total. The Kier molecular flexibility index (Phi) is 27.1. The van der Waals surface area contributed by atoms with E-state index in [-0.39, 0.29) is 96.6 Å². The molecule has 0 saturated carbocycles. The van der Waals surface area contributed by atoms with Crippen molar-refractivity contribution in [1.82, 2.24) is 49.6 Å². The topological polar surface area (TPSA) is 316 Å². The van der Waals surface area contributed by atoms with Crippen molar-refractivity contribution >= 4 is 67.7 Å². The highest BCUT2D eigenvalue weighted by Crippen LogP contribution is 2.43. The summed E-state index contributed by atoms with van der Waals surface area (Å²) in [5.41, 5.74) is 7.12. The summed E-state index contributed by atoms with van der Waals surface area (Å²) in [6, 6.07) is 44.5. The Balaban J connectivity index is 0.721. The zero-order valence-corrected chi connectivity index (χ0v) is 62.3. The van der Waals surface area contributed by atoms with Gasteiger partial charge >= 0.3 is 0 Å². The van der Waals surface area contributed by atoms with Crippen LogP contribution in [0.15, 0.2) is 179 Å². The molecule has 5 N–H and O–H groups in total. The van der Waals surface area contributed by atoms with Crippen LogP contribution in [0, 0.1) is 16.0 Å². The third-order valence-electron chi connectivity index (χ3n) is 19.4. The number of unbranched alkanes of at least 4 members (excludes halogenated alkanes) is 2. The summed E-state index contributed by atoms with van der Waals surface area (Å²) >= 11 is 0. The molecule has 0 spiro atoms. The number of carbonyl (C=O) groups excluding carboxylic acids is 6. The average Bonchev–Trinajstić information content (AvgIpc) is 0.974. The van der Waals surface area contributed by atoms with Crippen LogP contribution in [-0.2, 0) is 48.6 Å². The molecule has 1 aliphatic carbocycles. The first-order chi connectivity index (χ1) is 51.5. The first-order valence-corrected chi connectivity index (χ1v) is 38.1. The number of aromatic hydroxyl groups is 1. The van der Waals surface area contributed by atoms with Crippen molar-refractivity contribution < 1.29 is 56.7 Å². The van der Waals surface area contributed by atoms with Gasteiger partial charge in [0.05, 0.1) is 40.8 Å². The summed E-state index contributed by atoms with van der Waals surface area (Å²) in [5, 5.41) is 52.7. The van der Waals surface area contributed by atoms with E-state index < -0.39 is 51.5 Å². The maximum Gasteiger partial charge on any atom is 0.269 e. The highest BCUT2D eigenvalue weighted by Gasteiger charge is 2.34. The van der Waals surface area contributed by atoms with Gasteiger partial charge in [0.25, 0.3) is 11.6 Å². The number of rotatable bonds is 35. The van der Waals surface area contributed by atoms with Gasteiger partial charge in [-0.25, -0.2) is 17.7 Å². The van der Waals surface area contributed by atoms with Crippen LogP contribution < -0.4 is 30.8 Å². The minimum atomic E-state index is -4.29. The molecule has 1 saturated heterocycles. The number of nitro groups is 1. The van der Waals surface area contributed by atoms with Crippen molar-refractivity contribution in [2.75, 3.05) is 76.9 Å². The number of hydrogen-bond donors (Lipinski definition) is 5. The number of phenolic OH excluding ortho intramolecular Hbond substituents is 1. The number of non-ortho nitro benzene ring substituents is 1. The Labute approximate surface area is 623 Å². The number of nitro benzene ring substituents is 1. The van der Waals surface area contributed by atoms with E-state index in [1.54, 1.807) is 70.5 Å². The average molecular weight is 1480 g/mol. The van der Waals surface area contributed by atoms with Gasteiger partial charge in [0, 0.05) is 148 Å². The van der Waals surface area contributed by atoms with Crippen LogP contribution in [0.1, 0.15) is 129 Å². The van der Waals surface area contributed by atoms with E-state index in [9.17, 15) is 57.5 Å². The third-order valence-corrected chi connectivity index (χ3v) is 21.3. The Bertz CT molecular complexity index is 4740. The van der Waals surface area contributed by atoms with Crippen LogP contribution >= 0.6 is 0 Å². The van der Waals surface area contributed by atoms with Gasteiger partial charge in [0.2, 0.25) is 39.0 Å². The zero-order valence-electron chi connectivity index (χ0n) is 61.4. The van der Waals surface area contributed by atoms with Crippen molar-refractivity contribution in [3.05, 3.63) is 219 Å².